The second-order valence-corrected chi connectivity index (χ2v) is 6.44. The lowest BCUT2D eigenvalue weighted by molar-refractivity contribution is -0.122. The van der Waals surface area contributed by atoms with Gasteiger partial charge in [-0.2, -0.15) is 0 Å². The third-order valence-corrected chi connectivity index (χ3v) is 4.39. The molecule has 1 N–H and O–H groups in total. The SMILES string of the molecule is CCCOC(=O)c1ccc(NC(=O)[C@H]2CC(=O)N(c3ccccc3)C2)cc1. The molecule has 2 aromatic carbocycles. The van der Waals surface area contributed by atoms with Gasteiger partial charge in [-0.15, -0.1) is 0 Å². The maximum absolute atomic E-state index is 12.5. The van der Waals surface area contributed by atoms with Crippen LogP contribution in [0.1, 0.15) is 30.1 Å². The van der Waals surface area contributed by atoms with Gasteiger partial charge in [0.15, 0.2) is 0 Å². The van der Waals surface area contributed by atoms with E-state index in [1.165, 1.54) is 0 Å². The minimum atomic E-state index is -0.410. The fourth-order valence-corrected chi connectivity index (χ4v) is 2.95. The number of carbonyl (C=O) groups is 3. The summed E-state index contributed by atoms with van der Waals surface area (Å²) in [6.07, 6.45) is 0.947. The van der Waals surface area contributed by atoms with E-state index in [0.717, 1.165) is 12.1 Å². The van der Waals surface area contributed by atoms with Gasteiger partial charge in [0, 0.05) is 24.3 Å². The van der Waals surface area contributed by atoms with Crippen molar-refractivity contribution in [1.82, 2.24) is 0 Å². The van der Waals surface area contributed by atoms with Crippen molar-refractivity contribution in [3.05, 3.63) is 60.2 Å². The molecule has 27 heavy (non-hydrogen) atoms. The van der Waals surface area contributed by atoms with Crippen molar-refractivity contribution in [2.45, 2.75) is 19.8 Å². The predicted molar refractivity (Wildman–Crippen MR) is 103 cm³/mol. The van der Waals surface area contributed by atoms with Gasteiger partial charge in [-0.1, -0.05) is 25.1 Å². The first kappa shape index (κ1) is 18.6. The summed E-state index contributed by atoms with van der Waals surface area (Å²) in [6.45, 7) is 2.67. The van der Waals surface area contributed by atoms with Crippen LogP contribution < -0.4 is 10.2 Å². The van der Waals surface area contributed by atoms with Gasteiger partial charge in [0.2, 0.25) is 11.8 Å². The molecule has 0 unspecified atom stereocenters. The summed E-state index contributed by atoms with van der Waals surface area (Å²) in [7, 11) is 0. The van der Waals surface area contributed by atoms with Gasteiger partial charge < -0.3 is 15.0 Å². The van der Waals surface area contributed by atoms with Crippen LogP contribution >= 0.6 is 0 Å². The first-order chi connectivity index (χ1) is 13.1. The Balaban J connectivity index is 1.59. The number of amides is 2. The molecular formula is C21H22N2O4. The number of carbonyl (C=O) groups excluding carboxylic acids is 3. The molecule has 0 saturated carbocycles. The van der Waals surface area contributed by atoms with Crippen LogP contribution in [-0.4, -0.2) is 30.9 Å². The maximum atomic E-state index is 12.5. The number of para-hydroxylation sites is 1. The number of ether oxygens (including phenoxy) is 1. The van der Waals surface area contributed by atoms with Crippen LogP contribution in [0.3, 0.4) is 0 Å². The molecule has 0 radical (unpaired) electrons. The van der Waals surface area contributed by atoms with Gasteiger partial charge in [-0.25, -0.2) is 4.79 Å². The second kappa shape index (κ2) is 8.49. The first-order valence-electron chi connectivity index (χ1n) is 9.02. The molecule has 1 aliphatic heterocycles. The van der Waals surface area contributed by atoms with Crippen molar-refractivity contribution >= 4 is 29.2 Å². The zero-order chi connectivity index (χ0) is 19.2. The number of nitrogens with zero attached hydrogens (tertiary/aromatic N) is 1. The number of esters is 1. The zero-order valence-corrected chi connectivity index (χ0v) is 15.2. The van der Waals surface area contributed by atoms with E-state index in [4.69, 9.17) is 4.74 Å². The summed E-state index contributed by atoms with van der Waals surface area (Å²) in [5.74, 6) is -1.06. The molecule has 6 nitrogen and oxygen atoms in total. The molecule has 1 atom stereocenters. The molecule has 3 rings (SSSR count). The molecule has 1 saturated heterocycles. The fraction of sp³-hybridized carbons (Fsp3) is 0.286. The summed E-state index contributed by atoms with van der Waals surface area (Å²) >= 11 is 0. The van der Waals surface area contributed by atoms with Crippen molar-refractivity contribution in [2.24, 2.45) is 5.92 Å². The van der Waals surface area contributed by atoms with Crippen molar-refractivity contribution in [3.8, 4) is 0 Å². The van der Waals surface area contributed by atoms with Gasteiger partial charge in [0.05, 0.1) is 18.1 Å². The zero-order valence-electron chi connectivity index (χ0n) is 15.2. The van der Waals surface area contributed by atoms with Gasteiger partial charge in [0.25, 0.3) is 0 Å². The summed E-state index contributed by atoms with van der Waals surface area (Å²) in [4.78, 5) is 38.2. The Morgan fingerprint density at radius 3 is 2.48 bits per heavy atom. The molecule has 0 spiro atoms. The summed E-state index contributed by atoms with van der Waals surface area (Å²) in [6, 6.07) is 15.9. The fourth-order valence-electron chi connectivity index (χ4n) is 2.95. The molecule has 0 aromatic heterocycles. The molecule has 1 aliphatic rings. The number of benzene rings is 2. The molecular weight excluding hydrogens is 344 g/mol. The number of anilines is 2. The van der Waals surface area contributed by atoms with Gasteiger partial charge >= 0.3 is 5.97 Å². The van der Waals surface area contributed by atoms with Crippen molar-refractivity contribution in [2.75, 3.05) is 23.4 Å². The standard InChI is InChI=1S/C21H22N2O4/c1-2-12-27-21(26)15-8-10-17(11-9-15)22-20(25)16-13-19(24)23(14-16)18-6-4-3-5-7-18/h3-11,16H,2,12-14H2,1H3,(H,22,25)/t16-/m0/s1. The van der Waals surface area contributed by atoms with Crippen molar-refractivity contribution < 1.29 is 19.1 Å². The van der Waals surface area contributed by atoms with Crippen LogP contribution in [-0.2, 0) is 14.3 Å². The van der Waals surface area contributed by atoms with E-state index >= 15 is 0 Å². The van der Waals surface area contributed by atoms with Crippen LogP contribution in [0.15, 0.2) is 54.6 Å². The van der Waals surface area contributed by atoms with Crippen LogP contribution in [0.4, 0.5) is 11.4 Å². The van der Waals surface area contributed by atoms with E-state index in [1.807, 2.05) is 37.3 Å². The average molecular weight is 366 g/mol. The smallest absolute Gasteiger partial charge is 0.338 e. The van der Waals surface area contributed by atoms with E-state index in [-0.39, 0.29) is 24.2 Å². The minimum Gasteiger partial charge on any atom is -0.462 e. The predicted octanol–water partition coefficient (Wildman–Crippen LogP) is 3.25. The van der Waals surface area contributed by atoms with Crippen LogP contribution in [0, 0.1) is 5.92 Å². The van der Waals surface area contributed by atoms with E-state index in [2.05, 4.69) is 5.32 Å². The van der Waals surface area contributed by atoms with Gasteiger partial charge in [0.1, 0.15) is 0 Å². The van der Waals surface area contributed by atoms with Gasteiger partial charge in [-0.05, 0) is 42.8 Å². The molecule has 1 heterocycles. The summed E-state index contributed by atoms with van der Waals surface area (Å²) in [5, 5.41) is 2.82. The van der Waals surface area contributed by atoms with Crippen molar-refractivity contribution in [1.29, 1.82) is 0 Å². The Hall–Kier alpha value is -3.15. The number of hydrogen-bond donors (Lipinski definition) is 1. The molecule has 2 amide bonds. The normalized spacial score (nSPS) is 16.3. The second-order valence-electron chi connectivity index (χ2n) is 6.44. The Morgan fingerprint density at radius 1 is 1.11 bits per heavy atom. The third-order valence-electron chi connectivity index (χ3n) is 4.39. The molecule has 6 heteroatoms. The van der Waals surface area contributed by atoms with Crippen LogP contribution in [0.25, 0.3) is 0 Å². The molecule has 0 aliphatic carbocycles. The number of hydrogen-bond acceptors (Lipinski definition) is 4. The number of rotatable bonds is 6. The molecule has 140 valence electrons. The van der Waals surface area contributed by atoms with Gasteiger partial charge in [-0.3, -0.25) is 9.59 Å². The summed E-state index contributed by atoms with van der Waals surface area (Å²) < 4.78 is 5.08. The molecule has 2 aromatic rings. The molecule has 0 bridgehead atoms. The minimum absolute atomic E-state index is 0.0598. The highest BCUT2D eigenvalue weighted by molar-refractivity contribution is 6.03. The Labute approximate surface area is 158 Å². The van der Waals surface area contributed by atoms with E-state index in [1.54, 1.807) is 29.2 Å². The number of nitrogens with one attached hydrogen (secondary N) is 1. The highest BCUT2D eigenvalue weighted by Crippen LogP contribution is 2.25. The highest BCUT2D eigenvalue weighted by atomic mass is 16.5. The van der Waals surface area contributed by atoms with E-state index in [9.17, 15) is 14.4 Å². The van der Waals surface area contributed by atoms with Crippen molar-refractivity contribution in [3.63, 3.8) is 0 Å². The first-order valence-corrected chi connectivity index (χ1v) is 9.02. The van der Waals surface area contributed by atoms with Crippen LogP contribution in [0.2, 0.25) is 0 Å². The molecule has 1 fully saturated rings. The quantitative estimate of drug-likeness (QED) is 0.797. The van der Waals surface area contributed by atoms with Crippen LogP contribution in [0.5, 0.6) is 0 Å². The largest absolute Gasteiger partial charge is 0.462 e. The maximum Gasteiger partial charge on any atom is 0.338 e. The van der Waals surface area contributed by atoms with E-state index in [0.29, 0.717) is 24.4 Å². The lowest BCUT2D eigenvalue weighted by atomic mass is 10.1. The Bertz CT molecular complexity index is 818. The topological polar surface area (TPSA) is 75.7 Å². The van der Waals surface area contributed by atoms with E-state index < -0.39 is 5.92 Å². The monoisotopic (exact) mass is 366 g/mol. The lowest BCUT2D eigenvalue weighted by Gasteiger charge is -2.16. The Morgan fingerprint density at radius 2 is 1.81 bits per heavy atom. The third kappa shape index (κ3) is 4.53. The average Bonchev–Trinajstić information content (AvgIpc) is 3.09. The highest BCUT2D eigenvalue weighted by Gasteiger charge is 2.35. The Kier molecular flexibility index (Phi) is 5.86. The summed E-state index contributed by atoms with van der Waals surface area (Å²) in [5.41, 5.74) is 1.82. The lowest BCUT2D eigenvalue weighted by Crippen LogP contribution is -2.28.